The molecular weight excluding hydrogens is 1160 g/mol. The molecule has 0 aliphatic heterocycles. The van der Waals surface area contributed by atoms with Crippen LogP contribution in [0.2, 0.25) is 0 Å². The van der Waals surface area contributed by atoms with Crippen molar-refractivity contribution >= 4 is 108 Å². The highest BCUT2D eigenvalue weighted by Gasteiger charge is 2.11. The Morgan fingerprint density at radius 1 is 0.456 bits per heavy atom. The Bertz CT molecular complexity index is 2270. The molecule has 68 heavy (non-hydrogen) atoms. The third-order valence-corrected chi connectivity index (χ3v) is 13.0. The van der Waals surface area contributed by atoms with Crippen LogP contribution in [0.3, 0.4) is 0 Å². The fourth-order valence-corrected chi connectivity index (χ4v) is 8.06. The van der Waals surface area contributed by atoms with Gasteiger partial charge in [-0.25, -0.2) is 0 Å². The molecule has 368 valence electrons. The van der Waals surface area contributed by atoms with Crippen LogP contribution in [-0.2, 0) is 12.8 Å². The molecule has 14 heteroatoms. The maximum atomic E-state index is 9.82. The summed E-state index contributed by atoms with van der Waals surface area (Å²) < 4.78 is 5.18. The average molecular weight is 1230 g/mol. The minimum atomic E-state index is -0.545. The molecule has 0 saturated heterocycles. The highest BCUT2D eigenvalue weighted by atomic mass is 75.9. The van der Waals surface area contributed by atoms with Crippen molar-refractivity contribution < 1.29 is 15.3 Å². The fraction of sp³-hybridized carbons (Fsp3) is 0.352. The van der Waals surface area contributed by atoms with E-state index < -0.39 is 18.3 Å². The summed E-state index contributed by atoms with van der Waals surface area (Å²) in [7, 11) is 0. The van der Waals surface area contributed by atoms with Crippen LogP contribution in [0.1, 0.15) is 138 Å². The standard InChI is InChI=1S/2C11H14BrNO.2C11H14BrN.C10H13BrN2O/c1-8(13)2-7-11(14)9-3-5-10(12)6-4-9;1-8(13)6-7-11(14)9-4-2-3-5-10(9)12;1-9(13)5-4-7-10-6-2-3-8-11(10)12;1-9(13)3-2-4-10-5-7-11(12)8-6-10;11-8-3-1-2-7(6-8)9(14)4-5-10(12)13/h3-6,11,13-14H,2,7H2,1H3;2-5,11,13-14H,6-7H2,1H3;2-3,6,8,13H,4-5,7H2,1H3;5-8,13H,2-4H2,1H3;1-3,6,9,14H,4-5H2,(H3,12,13)/t2*11-;;;9-/m00..0/s1/i4*12-4;11-4. The van der Waals surface area contributed by atoms with Gasteiger partial charge in [0.2, 0.25) is 0 Å². The predicted molar refractivity (Wildman–Crippen MR) is 305 cm³/mol. The van der Waals surface area contributed by atoms with Crippen LogP contribution in [0.5, 0.6) is 0 Å². The third kappa shape index (κ3) is 30.9. The Balaban J connectivity index is 0.000000425. The van der Waals surface area contributed by atoms with Crippen molar-refractivity contribution in [3.05, 3.63) is 172 Å². The molecule has 0 aromatic heterocycles. The number of hydrogen-bond donors (Lipinski definition) is 9. The lowest BCUT2D eigenvalue weighted by atomic mass is 10.0. The molecule has 0 fully saturated rings. The van der Waals surface area contributed by atoms with Crippen LogP contribution in [0.15, 0.2) is 144 Å². The number of halogens is 5. The van der Waals surface area contributed by atoms with Gasteiger partial charge in [-0.3, -0.25) is 5.41 Å². The Kier molecular flexibility index (Phi) is 33.5. The highest BCUT2D eigenvalue weighted by molar-refractivity contribution is 9.11. The molecule has 5 rings (SSSR count). The first kappa shape index (κ1) is 62.5. The lowest BCUT2D eigenvalue weighted by molar-refractivity contribution is 0.169. The first-order valence-electron chi connectivity index (χ1n) is 22.4. The molecule has 3 atom stereocenters. The number of benzene rings is 5. The molecule has 0 unspecified atom stereocenters. The molecule has 9 nitrogen and oxygen atoms in total. The van der Waals surface area contributed by atoms with E-state index in [1.54, 1.807) is 13.8 Å². The summed E-state index contributed by atoms with van der Waals surface area (Å²) in [6, 6.07) is 39.4. The Morgan fingerprint density at radius 2 is 0.912 bits per heavy atom. The smallest absolute Gasteiger partial charge is 0.0906 e. The molecule has 0 amide bonds. The van der Waals surface area contributed by atoms with Crippen LogP contribution >= 0.6 is 79.6 Å². The highest BCUT2D eigenvalue weighted by Crippen LogP contribution is 2.26. The van der Waals surface area contributed by atoms with E-state index in [0.717, 1.165) is 84.5 Å². The van der Waals surface area contributed by atoms with Gasteiger partial charge >= 0.3 is 0 Å². The van der Waals surface area contributed by atoms with Crippen molar-refractivity contribution in [3.8, 4) is 0 Å². The number of nitrogens with one attached hydrogen (secondary N) is 5. The van der Waals surface area contributed by atoms with Gasteiger partial charge in [0.15, 0.2) is 0 Å². The van der Waals surface area contributed by atoms with Crippen LogP contribution in [0.25, 0.3) is 0 Å². The minimum absolute atomic E-state index is 0.110. The van der Waals surface area contributed by atoms with Gasteiger partial charge in [-0.05, 0) is 175 Å². The van der Waals surface area contributed by atoms with Crippen molar-refractivity contribution in [1.82, 2.24) is 0 Å². The van der Waals surface area contributed by atoms with E-state index in [2.05, 4.69) is 122 Å². The summed E-state index contributed by atoms with van der Waals surface area (Å²) in [4.78, 5) is 0. The number of aliphatic hydroxyl groups excluding tert-OH is 3. The zero-order valence-corrected chi connectivity index (χ0v) is 47.5. The second-order valence-corrected chi connectivity index (χ2v) is 20.8. The number of hydrogen-bond acceptors (Lipinski definition) is 8. The summed E-state index contributed by atoms with van der Waals surface area (Å²) >= 11 is 17.0. The zero-order chi connectivity index (χ0) is 51.0. The summed E-state index contributed by atoms with van der Waals surface area (Å²) in [5.41, 5.74) is 13.3. The predicted octanol–water partition coefficient (Wildman–Crippen LogP) is 16.4. The van der Waals surface area contributed by atoms with Crippen molar-refractivity contribution in [2.45, 2.75) is 123 Å². The molecule has 0 saturated carbocycles. The Labute approximate surface area is 447 Å². The maximum absolute atomic E-state index is 9.82. The fourth-order valence-electron chi connectivity index (χ4n) is 6.09. The van der Waals surface area contributed by atoms with E-state index in [4.69, 9.17) is 32.8 Å². The molecule has 0 heterocycles. The van der Waals surface area contributed by atoms with E-state index in [9.17, 15) is 15.3 Å². The van der Waals surface area contributed by atoms with Crippen molar-refractivity contribution in [1.29, 1.82) is 27.0 Å². The molecule has 5 aromatic rings. The number of rotatable bonds is 20. The van der Waals surface area contributed by atoms with Gasteiger partial charge in [0.05, 0.1) is 24.1 Å². The average Bonchev–Trinajstić information content (AvgIpc) is 3.29. The normalized spacial score (nSPS) is 11.5. The summed E-state index contributed by atoms with van der Waals surface area (Å²) in [5.74, 6) is 0.110. The van der Waals surface area contributed by atoms with E-state index >= 15 is 0 Å². The Morgan fingerprint density at radius 3 is 1.41 bits per heavy atom. The van der Waals surface area contributed by atoms with Gasteiger partial charge < -0.3 is 42.7 Å². The van der Waals surface area contributed by atoms with Crippen molar-refractivity contribution in [3.63, 3.8) is 0 Å². The first-order chi connectivity index (χ1) is 32.2. The molecular formula is C54H69Br5N6O3. The lowest BCUT2D eigenvalue weighted by Gasteiger charge is -2.11. The van der Waals surface area contributed by atoms with Crippen LogP contribution < -0.4 is 5.73 Å². The molecule has 0 radical (unpaired) electrons. The molecule has 0 spiro atoms. The first-order valence-corrected chi connectivity index (χ1v) is 26.4. The quantitative estimate of drug-likeness (QED) is 0.0275. The van der Waals surface area contributed by atoms with Gasteiger partial charge in [-0.1, -0.05) is 152 Å². The maximum Gasteiger partial charge on any atom is 0.0906 e. The number of amidine groups is 1. The van der Waals surface area contributed by atoms with Crippen molar-refractivity contribution in [2.75, 3.05) is 0 Å². The third-order valence-electron chi connectivity index (χ3n) is 9.91. The zero-order valence-electron chi connectivity index (χ0n) is 39.6. The summed E-state index contributed by atoms with van der Waals surface area (Å²) in [5, 5.41) is 65.5. The van der Waals surface area contributed by atoms with E-state index in [1.165, 1.54) is 15.6 Å². The molecule has 0 aliphatic carbocycles. The second-order valence-electron chi connectivity index (χ2n) is 16.4. The topological polar surface area (TPSA) is 206 Å². The largest absolute Gasteiger partial charge is 0.388 e. The second kappa shape index (κ2) is 36.5. The molecule has 5 aromatic carbocycles. The van der Waals surface area contributed by atoms with Gasteiger partial charge in [0.1, 0.15) is 0 Å². The van der Waals surface area contributed by atoms with Crippen LogP contribution in [0.4, 0.5) is 0 Å². The number of aliphatic hydroxyl groups is 3. The van der Waals surface area contributed by atoms with Crippen LogP contribution in [0, 0.1) is 27.0 Å². The van der Waals surface area contributed by atoms with Gasteiger partial charge in [-0.15, -0.1) is 0 Å². The lowest BCUT2D eigenvalue weighted by Crippen LogP contribution is -2.11. The monoisotopic (exact) mass is 1230 g/mol. The van der Waals surface area contributed by atoms with Crippen molar-refractivity contribution in [2.24, 2.45) is 5.73 Å². The van der Waals surface area contributed by atoms with Gasteiger partial charge in [0.25, 0.3) is 0 Å². The SMILES string of the molecule is CC(=N)CCCc1ccc([76Br])cc1.CC(=N)CCCc1ccccc1[76Br].CC(=N)CC[C@H](O)c1ccc([76Br])cc1.CC(=N)CC[C@H](O)c1ccccc1[76Br].N=C(N)CC[C@H](O)c1cccc([76Br])c1. The summed E-state index contributed by atoms with van der Waals surface area (Å²) in [6.45, 7) is 7.24. The van der Waals surface area contributed by atoms with Gasteiger partial charge in [0, 0.05) is 51.6 Å². The van der Waals surface area contributed by atoms with E-state index in [0.29, 0.717) is 49.9 Å². The Hall–Kier alpha value is -3.47. The molecule has 0 aliphatic rings. The van der Waals surface area contributed by atoms with E-state index in [-0.39, 0.29) is 5.84 Å². The van der Waals surface area contributed by atoms with Crippen LogP contribution in [-0.4, -0.2) is 44.0 Å². The molecule has 10 N–H and O–H groups in total. The molecule has 0 bridgehead atoms. The minimum Gasteiger partial charge on any atom is -0.388 e. The van der Waals surface area contributed by atoms with Gasteiger partial charge in [-0.2, -0.15) is 0 Å². The number of aryl methyl sites for hydroxylation is 2. The summed E-state index contributed by atoms with van der Waals surface area (Å²) in [6.07, 6.45) is 8.05. The number of nitrogens with two attached hydrogens (primary N) is 1. The van der Waals surface area contributed by atoms with E-state index in [1.807, 2.05) is 92.7 Å².